The fraction of sp³-hybridized carbons (Fsp3) is 0.727. The van der Waals surface area contributed by atoms with Gasteiger partial charge in [0.2, 0.25) is 0 Å². The van der Waals surface area contributed by atoms with E-state index in [0.717, 1.165) is 5.01 Å². The Kier molecular flexibility index (Phi) is 4.57. The molecular formula is C11H19N3O3S2. The molecular weight excluding hydrogens is 286 g/mol. The normalized spacial score (nSPS) is 25.6. The van der Waals surface area contributed by atoms with Gasteiger partial charge < -0.3 is 10.5 Å². The molecule has 0 aromatic carbocycles. The van der Waals surface area contributed by atoms with Gasteiger partial charge in [-0.1, -0.05) is 0 Å². The summed E-state index contributed by atoms with van der Waals surface area (Å²) in [6.07, 6.45) is 2.85. The number of aromatic nitrogens is 1. The first-order valence-electron chi connectivity index (χ1n) is 6.16. The second-order valence-corrected chi connectivity index (χ2v) is 7.94. The van der Waals surface area contributed by atoms with E-state index in [9.17, 15) is 8.42 Å². The first-order valence-corrected chi connectivity index (χ1v) is 8.41. The third-order valence-corrected chi connectivity index (χ3v) is 6.68. The van der Waals surface area contributed by atoms with Crippen molar-refractivity contribution in [3.63, 3.8) is 0 Å². The predicted molar refractivity (Wildman–Crippen MR) is 73.6 cm³/mol. The van der Waals surface area contributed by atoms with Crippen LogP contribution < -0.4 is 5.73 Å². The van der Waals surface area contributed by atoms with Crippen LogP contribution in [0.5, 0.6) is 0 Å². The summed E-state index contributed by atoms with van der Waals surface area (Å²) in [4.78, 5) is 4.02. The van der Waals surface area contributed by atoms with E-state index in [1.165, 1.54) is 21.8 Å². The molecule has 2 heterocycles. The van der Waals surface area contributed by atoms with E-state index in [2.05, 4.69) is 4.98 Å². The minimum atomic E-state index is -3.48. The van der Waals surface area contributed by atoms with Crippen LogP contribution in [0, 0.1) is 6.92 Å². The molecule has 108 valence electrons. The molecule has 2 N–H and O–H groups in total. The number of hydrogen-bond acceptors (Lipinski definition) is 6. The molecule has 0 aliphatic carbocycles. The Morgan fingerprint density at radius 1 is 1.63 bits per heavy atom. The second-order valence-electron chi connectivity index (χ2n) is 4.59. The number of methoxy groups -OCH3 is 1. The lowest BCUT2D eigenvalue weighted by atomic mass is 10.0. The maximum absolute atomic E-state index is 12.6. The molecule has 1 saturated heterocycles. The van der Waals surface area contributed by atoms with Gasteiger partial charge in [0, 0.05) is 26.2 Å². The maximum Gasteiger partial charge on any atom is 0.254 e. The number of nitrogens with two attached hydrogens (primary N) is 1. The number of aryl methyl sites for hydroxylation is 1. The Morgan fingerprint density at radius 3 is 2.89 bits per heavy atom. The minimum absolute atomic E-state index is 0.0863. The molecule has 19 heavy (non-hydrogen) atoms. The largest absolute Gasteiger partial charge is 0.381 e. The summed E-state index contributed by atoms with van der Waals surface area (Å²) in [5.74, 6) is 0. The second kappa shape index (κ2) is 5.84. The topological polar surface area (TPSA) is 85.5 Å². The van der Waals surface area contributed by atoms with Crippen LogP contribution in [0.25, 0.3) is 0 Å². The zero-order chi connectivity index (χ0) is 14.0. The zero-order valence-electron chi connectivity index (χ0n) is 11.1. The van der Waals surface area contributed by atoms with Gasteiger partial charge in [0.25, 0.3) is 10.0 Å². The Balaban J connectivity index is 2.25. The fourth-order valence-corrected chi connectivity index (χ4v) is 5.21. The van der Waals surface area contributed by atoms with E-state index in [0.29, 0.717) is 30.1 Å². The van der Waals surface area contributed by atoms with Crippen LogP contribution in [-0.2, 0) is 14.8 Å². The summed E-state index contributed by atoms with van der Waals surface area (Å²) >= 11 is 1.19. The number of hydrogen-bond donors (Lipinski definition) is 1. The molecule has 1 aliphatic heterocycles. The molecule has 1 aromatic heterocycles. The van der Waals surface area contributed by atoms with Crippen molar-refractivity contribution in [3.8, 4) is 0 Å². The average Bonchev–Trinajstić information content (AvgIpc) is 2.85. The van der Waals surface area contributed by atoms with Gasteiger partial charge in [0.1, 0.15) is 0 Å². The van der Waals surface area contributed by atoms with Crippen molar-refractivity contribution < 1.29 is 13.2 Å². The van der Waals surface area contributed by atoms with Crippen molar-refractivity contribution in [2.75, 3.05) is 20.2 Å². The molecule has 2 rings (SSSR count). The number of piperidine rings is 1. The van der Waals surface area contributed by atoms with Gasteiger partial charge in [-0.15, -0.1) is 11.3 Å². The van der Waals surface area contributed by atoms with Crippen LogP contribution in [0.4, 0.5) is 0 Å². The standard InChI is InChI=1S/C11H19N3O3S2/c1-8-13-7-11(18-8)19(15,16)14-4-3-10(17-2)5-9(14)6-12/h7,9-10H,3-6,12H2,1-2H3. The summed E-state index contributed by atoms with van der Waals surface area (Å²) in [5.41, 5.74) is 5.72. The molecule has 1 aliphatic rings. The Labute approximate surface area is 117 Å². The van der Waals surface area contributed by atoms with Gasteiger partial charge in [-0.25, -0.2) is 13.4 Å². The number of ether oxygens (including phenoxy) is 1. The molecule has 0 saturated carbocycles. The van der Waals surface area contributed by atoms with E-state index in [-0.39, 0.29) is 12.1 Å². The minimum Gasteiger partial charge on any atom is -0.381 e. The van der Waals surface area contributed by atoms with Crippen LogP contribution >= 0.6 is 11.3 Å². The highest BCUT2D eigenvalue weighted by Crippen LogP contribution is 2.28. The van der Waals surface area contributed by atoms with Crippen LogP contribution in [0.15, 0.2) is 10.4 Å². The molecule has 1 aromatic rings. The van der Waals surface area contributed by atoms with E-state index >= 15 is 0 Å². The van der Waals surface area contributed by atoms with Gasteiger partial charge in [-0.05, 0) is 19.8 Å². The third kappa shape index (κ3) is 2.97. The van der Waals surface area contributed by atoms with E-state index < -0.39 is 10.0 Å². The Morgan fingerprint density at radius 2 is 2.37 bits per heavy atom. The smallest absolute Gasteiger partial charge is 0.254 e. The van der Waals surface area contributed by atoms with E-state index in [1.807, 2.05) is 0 Å². The quantitative estimate of drug-likeness (QED) is 0.879. The van der Waals surface area contributed by atoms with Crippen molar-refractivity contribution in [1.29, 1.82) is 0 Å². The Bertz CT molecular complexity index is 529. The van der Waals surface area contributed by atoms with Gasteiger partial charge in [0.05, 0.1) is 17.3 Å². The van der Waals surface area contributed by atoms with Gasteiger partial charge in [-0.2, -0.15) is 4.31 Å². The lowest BCUT2D eigenvalue weighted by Crippen LogP contribution is -2.50. The zero-order valence-corrected chi connectivity index (χ0v) is 12.7. The predicted octanol–water partition coefficient (Wildman–Crippen LogP) is 0.578. The third-order valence-electron chi connectivity index (χ3n) is 3.38. The first kappa shape index (κ1) is 14.9. The molecule has 0 amide bonds. The van der Waals surface area contributed by atoms with Crippen molar-refractivity contribution in [1.82, 2.24) is 9.29 Å². The van der Waals surface area contributed by atoms with Crippen LogP contribution in [0.2, 0.25) is 0 Å². The van der Waals surface area contributed by atoms with E-state index in [4.69, 9.17) is 10.5 Å². The first-order chi connectivity index (χ1) is 8.98. The SMILES string of the molecule is COC1CCN(S(=O)(=O)c2cnc(C)s2)C(CN)C1. The van der Waals surface area contributed by atoms with Gasteiger partial charge in [0.15, 0.2) is 4.21 Å². The number of thiazole rings is 1. The Hall–Kier alpha value is -0.540. The van der Waals surface area contributed by atoms with Crippen molar-refractivity contribution in [2.45, 2.75) is 36.1 Å². The number of sulfonamides is 1. The highest BCUT2D eigenvalue weighted by atomic mass is 32.2. The van der Waals surface area contributed by atoms with E-state index in [1.54, 1.807) is 14.0 Å². The highest BCUT2D eigenvalue weighted by molar-refractivity contribution is 7.91. The van der Waals surface area contributed by atoms with Gasteiger partial charge in [-0.3, -0.25) is 0 Å². The van der Waals surface area contributed by atoms with Crippen LogP contribution in [-0.4, -0.2) is 50.1 Å². The van der Waals surface area contributed by atoms with Crippen LogP contribution in [0.3, 0.4) is 0 Å². The van der Waals surface area contributed by atoms with Crippen LogP contribution in [0.1, 0.15) is 17.8 Å². The summed E-state index contributed by atoms with van der Waals surface area (Å²) in [5, 5.41) is 0.745. The number of rotatable bonds is 4. The molecule has 1 fully saturated rings. The van der Waals surface area contributed by atoms with Crippen molar-refractivity contribution in [3.05, 3.63) is 11.2 Å². The molecule has 0 spiro atoms. The highest BCUT2D eigenvalue weighted by Gasteiger charge is 2.37. The summed E-state index contributed by atoms with van der Waals surface area (Å²) in [6.45, 7) is 2.54. The average molecular weight is 305 g/mol. The lowest BCUT2D eigenvalue weighted by molar-refractivity contribution is 0.0402. The summed E-state index contributed by atoms with van der Waals surface area (Å²) < 4.78 is 32.2. The lowest BCUT2D eigenvalue weighted by Gasteiger charge is -2.36. The molecule has 8 heteroatoms. The molecule has 0 bridgehead atoms. The van der Waals surface area contributed by atoms with Gasteiger partial charge >= 0.3 is 0 Å². The monoisotopic (exact) mass is 305 g/mol. The van der Waals surface area contributed by atoms with Crippen molar-refractivity contribution >= 4 is 21.4 Å². The molecule has 2 atom stereocenters. The summed E-state index contributed by atoms with van der Waals surface area (Å²) in [6, 6.07) is -0.203. The molecule has 6 nitrogen and oxygen atoms in total. The molecule has 0 radical (unpaired) electrons. The maximum atomic E-state index is 12.6. The number of nitrogens with zero attached hydrogens (tertiary/aromatic N) is 2. The fourth-order valence-electron chi connectivity index (χ4n) is 2.31. The van der Waals surface area contributed by atoms with Crippen molar-refractivity contribution in [2.24, 2.45) is 5.73 Å². The molecule has 2 unspecified atom stereocenters. The summed E-state index contributed by atoms with van der Waals surface area (Å²) in [7, 11) is -1.83.